The van der Waals surface area contributed by atoms with Gasteiger partial charge in [0.15, 0.2) is 0 Å². The van der Waals surface area contributed by atoms with Gasteiger partial charge in [-0.3, -0.25) is 9.69 Å². The van der Waals surface area contributed by atoms with Crippen LogP contribution >= 0.6 is 11.6 Å². The first-order valence-electron chi connectivity index (χ1n) is 10.8. The average Bonchev–Trinajstić information content (AvgIpc) is 2.77. The van der Waals surface area contributed by atoms with Gasteiger partial charge in [-0.25, -0.2) is 9.18 Å². The summed E-state index contributed by atoms with van der Waals surface area (Å²) < 4.78 is 13.2. The number of carbonyl (C=O) groups excluding carboxylic acids is 2. The number of carbonyl (C=O) groups is 2. The van der Waals surface area contributed by atoms with E-state index >= 15 is 0 Å². The van der Waals surface area contributed by atoms with E-state index in [1.807, 2.05) is 49.4 Å². The Kier molecular flexibility index (Phi) is 6.94. The number of nitrogens with zero attached hydrogens (tertiary/aromatic N) is 2. The van der Waals surface area contributed by atoms with Gasteiger partial charge in [-0.2, -0.15) is 0 Å². The maximum absolute atomic E-state index is 13.3. The summed E-state index contributed by atoms with van der Waals surface area (Å²) in [6.07, 6.45) is 0.922. The molecule has 0 saturated carbocycles. The Morgan fingerprint density at radius 3 is 2.58 bits per heavy atom. The Balaban J connectivity index is 1.52. The number of urea groups is 1. The number of halogens is 2. The predicted octanol–water partition coefficient (Wildman–Crippen LogP) is 5.80. The molecule has 0 aliphatic carbocycles. The van der Waals surface area contributed by atoms with Crippen LogP contribution in [-0.4, -0.2) is 29.9 Å². The van der Waals surface area contributed by atoms with Gasteiger partial charge in [0.25, 0.3) is 0 Å². The lowest BCUT2D eigenvalue weighted by Crippen LogP contribution is -2.49. The van der Waals surface area contributed by atoms with Gasteiger partial charge in [0.1, 0.15) is 5.82 Å². The summed E-state index contributed by atoms with van der Waals surface area (Å²) in [7, 11) is 0. The maximum Gasteiger partial charge on any atom is 0.324 e. The number of anilines is 2. The first kappa shape index (κ1) is 22.8. The molecule has 1 N–H and O–H groups in total. The number of hydrogen-bond acceptors (Lipinski definition) is 2. The fraction of sp³-hybridized carbons (Fsp3) is 0.231. The van der Waals surface area contributed by atoms with Crippen molar-refractivity contribution in [2.45, 2.75) is 26.3 Å². The van der Waals surface area contributed by atoms with Gasteiger partial charge in [0.2, 0.25) is 5.91 Å². The highest BCUT2D eigenvalue weighted by atomic mass is 35.5. The van der Waals surface area contributed by atoms with Crippen LogP contribution in [0.15, 0.2) is 66.7 Å². The lowest BCUT2D eigenvalue weighted by Gasteiger charge is -2.36. The predicted molar refractivity (Wildman–Crippen MR) is 129 cm³/mol. The number of rotatable bonds is 6. The summed E-state index contributed by atoms with van der Waals surface area (Å²) in [6, 6.07) is 18.9. The van der Waals surface area contributed by atoms with Crippen molar-refractivity contribution in [1.29, 1.82) is 0 Å². The minimum Gasteiger partial charge on any atom is -0.324 e. The van der Waals surface area contributed by atoms with Crippen LogP contribution in [0, 0.1) is 12.7 Å². The van der Waals surface area contributed by atoms with Crippen molar-refractivity contribution in [3.63, 3.8) is 0 Å². The van der Waals surface area contributed by atoms with Gasteiger partial charge in [-0.15, -0.1) is 0 Å². The lowest BCUT2D eigenvalue weighted by atomic mass is 10.1. The molecule has 4 rings (SSSR count). The molecule has 0 unspecified atom stereocenters. The van der Waals surface area contributed by atoms with E-state index in [1.165, 1.54) is 12.1 Å². The zero-order valence-electron chi connectivity index (χ0n) is 18.4. The molecule has 5 nitrogen and oxygen atoms in total. The topological polar surface area (TPSA) is 52.6 Å². The van der Waals surface area contributed by atoms with Gasteiger partial charge in [-0.05, 0) is 66.4 Å². The second-order valence-electron chi connectivity index (χ2n) is 8.21. The van der Waals surface area contributed by atoms with Crippen molar-refractivity contribution in [3.8, 4) is 0 Å². The molecule has 3 aromatic carbocycles. The van der Waals surface area contributed by atoms with Crippen molar-refractivity contribution in [2.24, 2.45) is 0 Å². The summed E-state index contributed by atoms with van der Waals surface area (Å²) in [5, 5.41) is 3.58. The van der Waals surface area contributed by atoms with E-state index < -0.39 is 0 Å². The standard InChI is InChI=1S/C26H25ClFN3O2/c1-18-6-11-24(23(14-18)29-25(32)16-19-7-9-22(28)10-8-19)31-13-3-12-30(26(31)33)17-20-4-2-5-21(27)15-20/h2,4-11,14-15H,3,12-13,16-17H2,1H3,(H,29,32). The molecule has 1 heterocycles. The van der Waals surface area contributed by atoms with E-state index in [0.717, 1.165) is 17.5 Å². The largest absolute Gasteiger partial charge is 0.324 e. The molecule has 3 amide bonds. The van der Waals surface area contributed by atoms with Gasteiger partial charge in [-0.1, -0.05) is 41.9 Å². The van der Waals surface area contributed by atoms with Crippen LogP contribution in [0.2, 0.25) is 5.02 Å². The SMILES string of the molecule is Cc1ccc(N2CCCN(Cc3cccc(Cl)c3)C2=O)c(NC(=O)Cc2ccc(F)cc2)c1. The molecule has 7 heteroatoms. The third-order valence-electron chi connectivity index (χ3n) is 5.57. The van der Waals surface area contributed by atoms with E-state index in [9.17, 15) is 14.0 Å². The van der Waals surface area contributed by atoms with Gasteiger partial charge in [0.05, 0.1) is 17.8 Å². The van der Waals surface area contributed by atoms with Gasteiger partial charge < -0.3 is 10.2 Å². The van der Waals surface area contributed by atoms with E-state index in [-0.39, 0.29) is 24.2 Å². The lowest BCUT2D eigenvalue weighted by molar-refractivity contribution is -0.115. The van der Waals surface area contributed by atoms with Gasteiger partial charge in [0, 0.05) is 24.7 Å². The normalized spacial score (nSPS) is 13.8. The molecule has 0 bridgehead atoms. The number of hydrogen-bond donors (Lipinski definition) is 1. The highest BCUT2D eigenvalue weighted by Gasteiger charge is 2.28. The van der Waals surface area contributed by atoms with Crippen molar-refractivity contribution >= 4 is 34.9 Å². The van der Waals surface area contributed by atoms with E-state index in [2.05, 4.69) is 5.32 Å². The van der Waals surface area contributed by atoms with Crippen LogP contribution in [0.5, 0.6) is 0 Å². The monoisotopic (exact) mass is 465 g/mol. The molecular weight excluding hydrogens is 441 g/mol. The average molecular weight is 466 g/mol. The summed E-state index contributed by atoms with van der Waals surface area (Å²) in [4.78, 5) is 29.5. The van der Waals surface area contributed by atoms with Crippen LogP contribution in [-0.2, 0) is 17.8 Å². The van der Waals surface area contributed by atoms with Crippen molar-refractivity contribution < 1.29 is 14.0 Å². The number of benzene rings is 3. The van der Waals surface area contributed by atoms with Crippen LogP contribution in [0.4, 0.5) is 20.6 Å². The van der Waals surface area contributed by atoms with Crippen molar-refractivity contribution in [1.82, 2.24) is 4.90 Å². The van der Waals surface area contributed by atoms with Crippen LogP contribution in [0.25, 0.3) is 0 Å². The highest BCUT2D eigenvalue weighted by molar-refractivity contribution is 6.30. The Hall–Kier alpha value is -3.38. The summed E-state index contributed by atoms with van der Waals surface area (Å²) in [6.45, 7) is 3.62. The fourth-order valence-corrected chi connectivity index (χ4v) is 4.19. The molecule has 1 aliphatic heterocycles. The molecule has 33 heavy (non-hydrogen) atoms. The summed E-state index contributed by atoms with van der Waals surface area (Å²) in [5.74, 6) is -0.570. The third kappa shape index (κ3) is 5.71. The number of aryl methyl sites for hydroxylation is 1. The number of nitrogens with one attached hydrogen (secondary N) is 1. The fourth-order valence-electron chi connectivity index (χ4n) is 3.97. The van der Waals surface area contributed by atoms with E-state index in [4.69, 9.17) is 11.6 Å². The highest BCUT2D eigenvalue weighted by Crippen LogP contribution is 2.30. The smallest absolute Gasteiger partial charge is 0.324 e. The Morgan fingerprint density at radius 1 is 1.03 bits per heavy atom. The van der Waals surface area contributed by atoms with Crippen LogP contribution < -0.4 is 10.2 Å². The first-order valence-corrected chi connectivity index (χ1v) is 11.2. The molecule has 1 fully saturated rings. The molecule has 3 aromatic rings. The second kappa shape index (κ2) is 10.0. The molecular formula is C26H25ClFN3O2. The van der Waals surface area contributed by atoms with Gasteiger partial charge >= 0.3 is 6.03 Å². The third-order valence-corrected chi connectivity index (χ3v) is 5.80. The maximum atomic E-state index is 13.3. The summed E-state index contributed by atoms with van der Waals surface area (Å²) in [5.41, 5.74) is 3.89. The Morgan fingerprint density at radius 2 is 1.82 bits per heavy atom. The Labute approximate surface area is 197 Å². The molecule has 0 radical (unpaired) electrons. The van der Waals surface area contributed by atoms with Crippen LogP contribution in [0.1, 0.15) is 23.1 Å². The zero-order valence-corrected chi connectivity index (χ0v) is 19.1. The Bertz CT molecular complexity index is 1170. The van der Waals surface area contributed by atoms with Crippen molar-refractivity contribution in [3.05, 3.63) is 94.3 Å². The molecule has 0 aromatic heterocycles. The minimum absolute atomic E-state index is 0.112. The molecule has 0 spiro atoms. The molecule has 1 saturated heterocycles. The van der Waals surface area contributed by atoms with E-state index in [0.29, 0.717) is 41.6 Å². The first-order chi connectivity index (χ1) is 15.9. The number of amides is 3. The molecule has 170 valence electrons. The second-order valence-corrected chi connectivity index (χ2v) is 8.65. The summed E-state index contributed by atoms with van der Waals surface area (Å²) >= 11 is 6.10. The van der Waals surface area contributed by atoms with E-state index in [1.54, 1.807) is 21.9 Å². The minimum atomic E-state index is -0.342. The van der Waals surface area contributed by atoms with Crippen LogP contribution in [0.3, 0.4) is 0 Å². The molecule has 0 atom stereocenters. The quantitative estimate of drug-likeness (QED) is 0.500. The zero-order chi connectivity index (χ0) is 23.4. The van der Waals surface area contributed by atoms with Crippen molar-refractivity contribution in [2.75, 3.05) is 23.3 Å². The molecule has 1 aliphatic rings.